The standard InChI is InChI=1S/C14H21N5O/c1-9-6-12(15-2)17-14(16-9)19-10-4-5-11(19)8-18(3)13(20)7-10/h6,10-11H,4-5,7-8H2,1-3H3,(H,15,16,17)/t10-,11+/m1/s1. The predicted octanol–water partition coefficient (Wildman–Crippen LogP) is 1.03. The number of nitrogens with zero attached hydrogens (tertiary/aromatic N) is 4. The van der Waals surface area contributed by atoms with Crippen molar-refractivity contribution in [2.45, 2.75) is 38.3 Å². The second-order valence-corrected chi connectivity index (χ2v) is 5.72. The van der Waals surface area contributed by atoms with Crippen molar-refractivity contribution in [2.75, 3.05) is 30.9 Å². The molecule has 1 N–H and O–H groups in total. The third-order valence-electron chi connectivity index (χ3n) is 4.27. The smallest absolute Gasteiger partial charge is 0.228 e. The maximum Gasteiger partial charge on any atom is 0.228 e. The zero-order chi connectivity index (χ0) is 14.3. The molecule has 1 aromatic heterocycles. The van der Waals surface area contributed by atoms with Crippen LogP contribution in [0.25, 0.3) is 0 Å². The van der Waals surface area contributed by atoms with Crippen LogP contribution in [0.5, 0.6) is 0 Å². The van der Waals surface area contributed by atoms with Crippen LogP contribution in [-0.4, -0.2) is 53.5 Å². The van der Waals surface area contributed by atoms with E-state index >= 15 is 0 Å². The Hall–Kier alpha value is -1.85. The molecule has 20 heavy (non-hydrogen) atoms. The number of nitrogens with one attached hydrogen (secondary N) is 1. The van der Waals surface area contributed by atoms with Gasteiger partial charge in [-0.1, -0.05) is 0 Å². The molecular formula is C14H21N5O. The van der Waals surface area contributed by atoms with Gasteiger partial charge in [0, 0.05) is 50.9 Å². The van der Waals surface area contributed by atoms with Gasteiger partial charge in [-0.3, -0.25) is 4.79 Å². The average molecular weight is 275 g/mol. The first-order valence-electron chi connectivity index (χ1n) is 7.14. The van der Waals surface area contributed by atoms with E-state index in [0.717, 1.165) is 36.8 Å². The summed E-state index contributed by atoms with van der Waals surface area (Å²) >= 11 is 0. The van der Waals surface area contributed by atoms with Gasteiger partial charge in [0.05, 0.1) is 0 Å². The molecule has 2 saturated heterocycles. The van der Waals surface area contributed by atoms with Crippen molar-refractivity contribution in [2.24, 2.45) is 0 Å². The fraction of sp³-hybridized carbons (Fsp3) is 0.643. The Kier molecular flexibility index (Phi) is 3.23. The summed E-state index contributed by atoms with van der Waals surface area (Å²) in [7, 11) is 3.75. The molecule has 108 valence electrons. The maximum absolute atomic E-state index is 12.0. The van der Waals surface area contributed by atoms with Gasteiger partial charge < -0.3 is 15.1 Å². The van der Waals surface area contributed by atoms with E-state index in [0.29, 0.717) is 12.5 Å². The molecule has 0 aromatic carbocycles. The van der Waals surface area contributed by atoms with Crippen molar-refractivity contribution in [1.82, 2.24) is 14.9 Å². The zero-order valence-corrected chi connectivity index (χ0v) is 12.3. The number of anilines is 2. The maximum atomic E-state index is 12.0. The molecule has 2 aliphatic heterocycles. The van der Waals surface area contributed by atoms with Crippen molar-refractivity contribution in [3.63, 3.8) is 0 Å². The summed E-state index contributed by atoms with van der Waals surface area (Å²) in [6.45, 7) is 2.74. The van der Waals surface area contributed by atoms with Gasteiger partial charge in [-0.05, 0) is 19.8 Å². The molecule has 0 aliphatic carbocycles. The third-order valence-corrected chi connectivity index (χ3v) is 4.27. The third kappa shape index (κ3) is 2.19. The summed E-state index contributed by atoms with van der Waals surface area (Å²) in [6, 6.07) is 2.51. The quantitative estimate of drug-likeness (QED) is 0.873. The molecule has 3 rings (SSSR count). The Morgan fingerprint density at radius 1 is 1.30 bits per heavy atom. The fourth-order valence-electron chi connectivity index (χ4n) is 3.24. The molecule has 3 heterocycles. The first-order chi connectivity index (χ1) is 9.58. The number of aromatic nitrogens is 2. The fourth-order valence-corrected chi connectivity index (χ4v) is 3.24. The molecule has 1 aromatic rings. The van der Waals surface area contributed by atoms with E-state index in [4.69, 9.17) is 0 Å². The van der Waals surface area contributed by atoms with Crippen molar-refractivity contribution >= 4 is 17.7 Å². The Morgan fingerprint density at radius 3 is 2.80 bits per heavy atom. The largest absolute Gasteiger partial charge is 0.373 e. The summed E-state index contributed by atoms with van der Waals surface area (Å²) in [6.07, 6.45) is 2.73. The van der Waals surface area contributed by atoms with E-state index in [9.17, 15) is 4.79 Å². The molecule has 0 spiro atoms. The van der Waals surface area contributed by atoms with Gasteiger partial charge in [-0.15, -0.1) is 0 Å². The number of amides is 1. The first kappa shape index (κ1) is 13.1. The van der Waals surface area contributed by atoms with E-state index in [-0.39, 0.29) is 11.9 Å². The molecule has 6 heteroatoms. The molecule has 2 bridgehead atoms. The number of hydrogen-bond donors (Lipinski definition) is 1. The zero-order valence-electron chi connectivity index (χ0n) is 12.3. The molecular weight excluding hydrogens is 254 g/mol. The lowest BCUT2D eigenvalue weighted by Crippen LogP contribution is -2.39. The number of carbonyl (C=O) groups excluding carboxylic acids is 1. The van der Waals surface area contributed by atoms with Crippen molar-refractivity contribution in [3.8, 4) is 0 Å². The van der Waals surface area contributed by atoms with Gasteiger partial charge in [-0.2, -0.15) is 4.98 Å². The number of likely N-dealkylation sites (tertiary alicyclic amines) is 1. The van der Waals surface area contributed by atoms with E-state index in [1.54, 1.807) is 0 Å². The molecule has 6 nitrogen and oxygen atoms in total. The minimum atomic E-state index is 0.226. The highest BCUT2D eigenvalue weighted by Crippen LogP contribution is 2.33. The first-order valence-corrected chi connectivity index (χ1v) is 7.14. The molecule has 2 fully saturated rings. The normalized spacial score (nSPS) is 25.9. The van der Waals surface area contributed by atoms with Crippen LogP contribution in [0.1, 0.15) is 25.0 Å². The van der Waals surface area contributed by atoms with Crippen LogP contribution in [0.15, 0.2) is 6.07 Å². The second-order valence-electron chi connectivity index (χ2n) is 5.72. The van der Waals surface area contributed by atoms with E-state index in [1.807, 2.05) is 32.0 Å². The SMILES string of the molecule is CNc1cc(C)nc(N2[C@@H]3CC[C@H]2CN(C)C(=O)C3)n1. The van der Waals surface area contributed by atoms with Crippen LogP contribution in [-0.2, 0) is 4.79 Å². The molecule has 0 saturated carbocycles. The topological polar surface area (TPSA) is 61.4 Å². The summed E-state index contributed by atoms with van der Waals surface area (Å²) in [5.74, 6) is 1.81. The van der Waals surface area contributed by atoms with Crippen LogP contribution < -0.4 is 10.2 Å². The van der Waals surface area contributed by atoms with Crippen LogP contribution >= 0.6 is 0 Å². The summed E-state index contributed by atoms with van der Waals surface area (Å²) < 4.78 is 0. The number of fused-ring (bicyclic) bond motifs is 2. The number of carbonyl (C=O) groups is 1. The van der Waals surface area contributed by atoms with E-state index in [1.165, 1.54) is 0 Å². The van der Waals surface area contributed by atoms with Gasteiger partial charge in [0.15, 0.2) is 0 Å². The highest BCUT2D eigenvalue weighted by Gasteiger charge is 2.40. The van der Waals surface area contributed by atoms with Gasteiger partial charge in [0.25, 0.3) is 0 Å². The van der Waals surface area contributed by atoms with Crippen LogP contribution in [0, 0.1) is 6.92 Å². The van der Waals surface area contributed by atoms with Crippen molar-refractivity contribution in [3.05, 3.63) is 11.8 Å². The highest BCUT2D eigenvalue weighted by atomic mass is 16.2. The van der Waals surface area contributed by atoms with Crippen LogP contribution in [0.2, 0.25) is 0 Å². The number of rotatable bonds is 2. The summed E-state index contributed by atoms with van der Waals surface area (Å²) in [5.41, 5.74) is 0.947. The van der Waals surface area contributed by atoms with Crippen LogP contribution in [0.3, 0.4) is 0 Å². The Bertz CT molecular complexity index is 532. The average Bonchev–Trinajstić information content (AvgIpc) is 2.74. The monoisotopic (exact) mass is 275 g/mol. The Labute approximate surface area is 119 Å². The van der Waals surface area contributed by atoms with Gasteiger partial charge >= 0.3 is 0 Å². The van der Waals surface area contributed by atoms with Gasteiger partial charge in [0.1, 0.15) is 5.82 Å². The predicted molar refractivity (Wildman–Crippen MR) is 77.9 cm³/mol. The van der Waals surface area contributed by atoms with Crippen molar-refractivity contribution in [1.29, 1.82) is 0 Å². The lowest BCUT2D eigenvalue weighted by molar-refractivity contribution is -0.129. The highest BCUT2D eigenvalue weighted by molar-refractivity contribution is 5.78. The van der Waals surface area contributed by atoms with E-state index in [2.05, 4.69) is 20.2 Å². The summed E-state index contributed by atoms with van der Waals surface area (Å²) in [5, 5.41) is 3.08. The number of aryl methyl sites for hydroxylation is 1. The molecule has 0 unspecified atom stereocenters. The van der Waals surface area contributed by atoms with Gasteiger partial charge in [0.2, 0.25) is 11.9 Å². The summed E-state index contributed by atoms with van der Waals surface area (Å²) in [4.78, 5) is 25.3. The minimum absolute atomic E-state index is 0.226. The minimum Gasteiger partial charge on any atom is -0.373 e. The van der Waals surface area contributed by atoms with Crippen molar-refractivity contribution < 1.29 is 4.79 Å². The van der Waals surface area contributed by atoms with E-state index < -0.39 is 0 Å². The molecule has 0 radical (unpaired) electrons. The van der Waals surface area contributed by atoms with Gasteiger partial charge in [-0.25, -0.2) is 4.98 Å². The van der Waals surface area contributed by atoms with Crippen LogP contribution in [0.4, 0.5) is 11.8 Å². The molecule has 1 amide bonds. The number of likely N-dealkylation sites (N-methyl/N-ethyl adjacent to an activating group) is 1. The lowest BCUT2D eigenvalue weighted by Gasteiger charge is -2.28. The Morgan fingerprint density at radius 2 is 2.05 bits per heavy atom. The number of hydrogen-bond acceptors (Lipinski definition) is 5. The lowest BCUT2D eigenvalue weighted by atomic mass is 10.1. The Balaban J connectivity index is 1.97. The molecule has 2 atom stereocenters. The second kappa shape index (κ2) is 4.92. The molecule has 2 aliphatic rings.